The summed E-state index contributed by atoms with van der Waals surface area (Å²) in [6.07, 6.45) is 1.25. The number of hydrogen-bond acceptors (Lipinski definition) is 4. The standard InChI is InChI=1S/C16H17N3O3/c1-10-5-3-4-6-12(10)14-15(20)17-7-8-19(14)16(21)13-11(2)22-9-18-13/h3-6,9,14H,7-8H2,1-2H3,(H,17,20). The summed E-state index contributed by atoms with van der Waals surface area (Å²) in [5.41, 5.74) is 2.06. The zero-order chi connectivity index (χ0) is 15.7. The molecule has 2 heterocycles. The molecule has 114 valence electrons. The minimum absolute atomic E-state index is 0.171. The van der Waals surface area contributed by atoms with Crippen molar-refractivity contribution in [2.45, 2.75) is 19.9 Å². The molecule has 6 nitrogen and oxygen atoms in total. The largest absolute Gasteiger partial charge is 0.448 e. The van der Waals surface area contributed by atoms with E-state index in [4.69, 9.17) is 4.42 Å². The molecule has 0 bridgehead atoms. The van der Waals surface area contributed by atoms with Crippen molar-refractivity contribution in [3.63, 3.8) is 0 Å². The van der Waals surface area contributed by atoms with E-state index in [1.54, 1.807) is 11.8 Å². The molecule has 0 saturated carbocycles. The highest BCUT2D eigenvalue weighted by molar-refractivity contribution is 5.97. The van der Waals surface area contributed by atoms with Crippen LogP contribution in [0.1, 0.15) is 33.4 Å². The van der Waals surface area contributed by atoms with Crippen molar-refractivity contribution in [3.8, 4) is 0 Å². The topological polar surface area (TPSA) is 75.4 Å². The first-order valence-electron chi connectivity index (χ1n) is 7.14. The summed E-state index contributed by atoms with van der Waals surface area (Å²) in [6.45, 7) is 4.49. The highest BCUT2D eigenvalue weighted by Gasteiger charge is 2.36. The molecule has 1 aliphatic rings. The van der Waals surface area contributed by atoms with Crippen molar-refractivity contribution in [1.29, 1.82) is 0 Å². The van der Waals surface area contributed by atoms with Crippen LogP contribution < -0.4 is 5.32 Å². The predicted octanol–water partition coefficient (Wildman–Crippen LogP) is 1.60. The lowest BCUT2D eigenvalue weighted by molar-refractivity contribution is -0.128. The van der Waals surface area contributed by atoms with Crippen LogP contribution in [0.4, 0.5) is 0 Å². The second-order valence-electron chi connectivity index (χ2n) is 5.31. The number of aromatic nitrogens is 1. The van der Waals surface area contributed by atoms with Gasteiger partial charge in [0, 0.05) is 13.1 Å². The molecule has 1 aromatic carbocycles. The van der Waals surface area contributed by atoms with Gasteiger partial charge in [0.05, 0.1) is 0 Å². The smallest absolute Gasteiger partial charge is 0.277 e. The van der Waals surface area contributed by atoms with Gasteiger partial charge in [-0.05, 0) is 25.0 Å². The Kier molecular flexibility index (Phi) is 3.66. The molecule has 0 spiro atoms. The predicted molar refractivity (Wildman–Crippen MR) is 79.2 cm³/mol. The van der Waals surface area contributed by atoms with Crippen LogP contribution in [-0.2, 0) is 4.79 Å². The second kappa shape index (κ2) is 5.63. The lowest BCUT2D eigenvalue weighted by Crippen LogP contribution is -2.52. The van der Waals surface area contributed by atoms with Gasteiger partial charge in [-0.25, -0.2) is 4.98 Å². The van der Waals surface area contributed by atoms with Crippen molar-refractivity contribution in [2.75, 3.05) is 13.1 Å². The number of aryl methyl sites for hydroxylation is 2. The van der Waals surface area contributed by atoms with Crippen molar-refractivity contribution in [1.82, 2.24) is 15.2 Å². The molecule has 0 radical (unpaired) electrons. The Morgan fingerprint density at radius 1 is 1.36 bits per heavy atom. The van der Waals surface area contributed by atoms with E-state index in [0.717, 1.165) is 11.1 Å². The third kappa shape index (κ3) is 2.36. The van der Waals surface area contributed by atoms with E-state index in [0.29, 0.717) is 18.8 Å². The van der Waals surface area contributed by atoms with E-state index in [2.05, 4.69) is 10.3 Å². The Hall–Kier alpha value is -2.63. The van der Waals surface area contributed by atoms with Crippen molar-refractivity contribution < 1.29 is 14.0 Å². The number of oxazole rings is 1. The Morgan fingerprint density at radius 2 is 2.14 bits per heavy atom. The van der Waals surface area contributed by atoms with Crippen LogP contribution in [0, 0.1) is 13.8 Å². The number of nitrogens with zero attached hydrogens (tertiary/aromatic N) is 2. The molecular formula is C16H17N3O3. The zero-order valence-corrected chi connectivity index (χ0v) is 12.5. The molecule has 1 fully saturated rings. The molecule has 22 heavy (non-hydrogen) atoms. The number of piperazine rings is 1. The Labute approximate surface area is 128 Å². The third-order valence-electron chi connectivity index (χ3n) is 3.90. The van der Waals surface area contributed by atoms with Gasteiger partial charge in [-0.2, -0.15) is 0 Å². The van der Waals surface area contributed by atoms with Crippen LogP contribution in [0.5, 0.6) is 0 Å². The Bertz CT molecular complexity index is 723. The lowest BCUT2D eigenvalue weighted by Gasteiger charge is -2.35. The third-order valence-corrected chi connectivity index (χ3v) is 3.90. The van der Waals surface area contributed by atoms with Crippen LogP contribution >= 0.6 is 0 Å². The van der Waals surface area contributed by atoms with Crippen molar-refractivity contribution in [3.05, 3.63) is 53.2 Å². The minimum Gasteiger partial charge on any atom is -0.448 e. The molecule has 1 saturated heterocycles. The van der Waals surface area contributed by atoms with Crippen LogP contribution in [0.3, 0.4) is 0 Å². The molecule has 1 atom stereocenters. The molecule has 2 amide bonds. The first kappa shape index (κ1) is 14.3. The summed E-state index contributed by atoms with van der Waals surface area (Å²) < 4.78 is 5.11. The number of rotatable bonds is 2. The summed E-state index contributed by atoms with van der Waals surface area (Å²) in [7, 11) is 0. The number of nitrogens with one attached hydrogen (secondary N) is 1. The van der Waals surface area contributed by atoms with Gasteiger partial charge in [0.2, 0.25) is 5.91 Å². The molecule has 1 aliphatic heterocycles. The summed E-state index contributed by atoms with van der Waals surface area (Å²) in [6, 6.07) is 6.95. The normalized spacial score (nSPS) is 18.2. The summed E-state index contributed by atoms with van der Waals surface area (Å²) in [4.78, 5) is 30.7. The average Bonchev–Trinajstić information content (AvgIpc) is 2.93. The van der Waals surface area contributed by atoms with E-state index < -0.39 is 6.04 Å². The highest BCUT2D eigenvalue weighted by atomic mass is 16.3. The van der Waals surface area contributed by atoms with E-state index >= 15 is 0 Å². The van der Waals surface area contributed by atoms with Gasteiger partial charge >= 0.3 is 0 Å². The first-order chi connectivity index (χ1) is 10.6. The number of carbonyl (C=O) groups is 2. The summed E-state index contributed by atoms with van der Waals surface area (Å²) in [5, 5.41) is 2.83. The van der Waals surface area contributed by atoms with Crippen LogP contribution in [-0.4, -0.2) is 34.8 Å². The quantitative estimate of drug-likeness (QED) is 0.914. The van der Waals surface area contributed by atoms with Gasteiger partial charge < -0.3 is 14.6 Å². The maximum Gasteiger partial charge on any atom is 0.277 e. The van der Waals surface area contributed by atoms with Gasteiger partial charge in [0.1, 0.15) is 11.8 Å². The van der Waals surface area contributed by atoms with Gasteiger partial charge in [0.15, 0.2) is 12.1 Å². The average molecular weight is 299 g/mol. The van der Waals surface area contributed by atoms with E-state index in [1.807, 2.05) is 31.2 Å². The summed E-state index contributed by atoms with van der Waals surface area (Å²) >= 11 is 0. The van der Waals surface area contributed by atoms with Gasteiger partial charge in [-0.1, -0.05) is 24.3 Å². The van der Waals surface area contributed by atoms with Crippen LogP contribution in [0.15, 0.2) is 35.1 Å². The van der Waals surface area contributed by atoms with Gasteiger partial charge in [-0.15, -0.1) is 0 Å². The summed E-state index contributed by atoms with van der Waals surface area (Å²) in [5.74, 6) is 0.00363. The van der Waals surface area contributed by atoms with E-state index in [-0.39, 0.29) is 17.5 Å². The molecule has 1 N–H and O–H groups in total. The monoisotopic (exact) mass is 299 g/mol. The molecule has 3 rings (SSSR count). The maximum absolute atomic E-state index is 12.7. The highest BCUT2D eigenvalue weighted by Crippen LogP contribution is 2.27. The molecule has 6 heteroatoms. The fraction of sp³-hybridized carbons (Fsp3) is 0.312. The van der Waals surface area contributed by atoms with Gasteiger partial charge in [0.25, 0.3) is 5.91 Å². The Morgan fingerprint density at radius 3 is 2.82 bits per heavy atom. The van der Waals surface area contributed by atoms with Gasteiger partial charge in [-0.3, -0.25) is 9.59 Å². The molecule has 2 aromatic rings. The molecule has 1 aromatic heterocycles. The van der Waals surface area contributed by atoms with E-state index in [1.165, 1.54) is 6.39 Å². The fourth-order valence-corrected chi connectivity index (χ4v) is 2.74. The lowest BCUT2D eigenvalue weighted by atomic mass is 9.97. The molecule has 1 unspecified atom stereocenters. The van der Waals surface area contributed by atoms with E-state index in [9.17, 15) is 9.59 Å². The molecule has 0 aliphatic carbocycles. The SMILES string of the molecule is Cc1ccccc1C1C(=O)NCCN1C(=O)c1ncoc1C. The zero-order valence-electron chi connectivity index (χ0n) is 12.5. The maximum atomic E-state index is 12.7. The first-order valence-corrected chi connectivity index (χ1v) is 7.14. The van der Waals surface area contributed by atoms with Crippen LogP contribution in [0.25, 0.3) is 0 Å². The second-order valence-corrected chi connectivity index (χ2v) is 5.31. The van der Waals surface area contributed by atoms with Crippen molar-refractivity contribution >= 4 is 11.8 Å². The Balaban J connectivity index is 2.01. The van der Waals surface area contributed by atoms with Crippen molar-refractivity contribution in [2.24, 2.45) is 0 Å². The number of carbonyl (C=O) groups excluding carboxylic acids is 2. The van der Waals surface area contributed by atoms with Crippen LogP contribution in [0.2, 0.25) is 0 Å². The fourth-order valence-electron chi connectivity index (χ4n) is 2.74. The number of hydrogen-bond donors (Lipinski definition) is 1. The minimum atomic E-state index is -0.640. The number of amides is 2. The molecular weight excluding hydrogens is 282 g/mol. The number of benzene rings is 1.